The van der Waals surface area contributed by atoms with Gasteiger partial charge < -0.3 is 19.1 Å². The summed E-state index contributed by atoms with van der Waals surface area (Å²) in [5, 5.41) is 0.952. The van der Waals surface area contributed by atoms with Crippen molar-refractivity contribution in [2.24, 2.45) is 5.41 Å². The first-order valence-electron chi connectivity index (χ1n) is 12.0. The third-order valence-electron chi connectivity index (χ3n) is 7.22. The molecule has 3 aromatic rings. The first-order valence-corrected chi connectivity index (χ1v) is 12.9. The first kappa shape index (κ1) is 23.6. The van der Waals surface area contributed by atoms with Gasteiger partial charge in [0.25, 0.3) is 5.91 Å². The van der Waals surface area contributed by atoms with E-state index in [0.29, 0.717) is 31.0 Å². The average Bonchev–Trinajstić information content (AvgIpc) is 3.53. The molecule has 1 fully saturated rings. The predicted octanol–water partition coefficient (Wildman–Crippen LogP) is 4.54. The third kappa shape index (κ3) is 4.72. The molecule has 0 radical (unpaired) electrons. The SMILES string of the molecule is COc1cc2c(cc1OC)CN(C(=O)COC(=O)C1(Cc3nc4ccccc4s3)CCCC1)CC2. The Morgan fingerprint density at radius 2 is 1.77 bits per heavy atom. The number of amides is 1. The number of benzene rings is 2. The Morgan fingerprint density at radius 1 is 1.06 bits per heavy atom. The van der Waals surface area contributed by atoms with Gasteiger partial charge in [-0.05, 0) is 54.7 Å². The molecule has 8 heteroatoms. The molecule has 2 aromatic carbocycles. The maximum absolute atomic E-state index is 13.3. The van der Waals surface area contributed by atoms with Crippen LogP contribution >= 0.6 is 11.3 Å². The maximum atomic E-state index is 13.3. The molecule has 1 aromatic heterocycles. The number of fused-ring (bicyclic) bond motifs is 2. The molecule has 1 amide bonds. The number of rotatable bonds is 7. The molecule has 1 saturated carbocycles. The number of para-hydroxylation sites is 1. The highest BCUT2D eigenvalue weighted by Gasteiger charge is 2.43. The monoisotopic (exact) mass is 494 g/mol. The number of ether oxygens (including phenoxy) is 3. The van der Waals surface area contributed by atoms with Gasteiger partial charge in [-0.2, -0.15) is 0 Å². The van der Waals surface area contributed by atoms with Gasteiger partial charge in [-0.1, -0.05) is 25.0 Å². The molecule has 5 rings (SSSR count). The van der Waals surface area contributed by atoms with E-state index < -0.39 is 5.41 Å². The van der Waals surface area contributed by atoms with Crippen molar-refractivity contribution in [1.82, 2.24) is 9.88 Å². The highest BCUT2D eigenvalue weighted by molar-refractivity contribution is 7.18. The normalized spacial score (nSPS) is 16.7. The standard InChI is InChI=1S/C27H30N2O5S/c1-32-21-13-18-9-12-29(16-19(18)14-22(21)33-2)25(30)17-34-26(31)27(10-5-6-11-27)15-24-28-20-7-3-4-8-23(20)35-24/h3-4,7-8,13-14H,5-6,9-12,15-17H2,1-2H3. The van der Waals surface area contributed by atoms with Crippen molar-refractivity contribution in [2.75, 3.05) is 27.4 Å². The molecule has 0 saturated heterocycles. The lowest BCUT2D eigenvalue weighted by molar-refractivity contribution is -0.161. The Kier molecular flexibility index (Phi) is 6.65. The van der Waals surface area contributed by atoms with Gasteiger partial charge in [-0.15, -0.1) is 11.3 Å². The van der Waals surface area contributed by atoms with Crippen molar-refractivity contribution in [3.63, 3.8) is 0 Å². The molecule has 1 aliphatic carbocycles. The molecule has 2 heterocycles. The van der Waals surface area contributed by atoms with Gasteiger partial charge in [0, 0.05) is 19.5 Å². The summed E-state index contributed by atoms with van der Waals surface area (Å²) in [5.41, 5.74) is 2.54. The van der Waals surface area contributed by atoms with Crippen LogP contribution < -0.4 is 9.47 Å². The van der Waals surface area contributed by atoms with Crippen LogP contribution in [0, 0.1) is 5.41 Å². The number of carbonyl (C=O) groups excluding carboxylic acids is 2. The van der Waals surface area contributed by atoms with E-state index in [4.69, 9.17) is 19.2 Å². The molecule has 1 aliphatic heterocycles. The smallest absolute Gasteiger partial charge is 0.313 e. The zero-order valence-electron chi connectivity index (χ0n) is 20.2. The van der Waals surface area contributed by atoms with E-state index in [1.54, 1.807) is 30.5 Å². The van der Waals surface area contributed by atoms with Crippen LogP contribution in [0.2, 0.25) is 0 Å². The van der Waals surface area contributed by atoms with E-state index in [1.165, 1.54) is 0 Å². The number of hydrogen-bond donors (Lipinski definition) is 0. The van der Waals surface area contributed by atoms with Crippen molar-refractivity contribution < 1.29 is 23.8 Å². The molecule has 35 heavy (non-hydrogen) atoms. The van der Waals surface area contributed by atoms with Gasteiger partial charge in [0.05, 0.1) is 34.9 Å². The van der Waals surface area contributed by atoms with Crippen LogP contribution in [-0.4, -0.2) is 49.1 Å². The van der Waals surface area contributed by atoms with Crippen molar-refractivity contribution in [1.29, 1.82) is 0 Å². The van der Waals surface area contributed by atoms with E-state index in [1.807, 2.05) is 30.3 Å². The minimum Gasteiger partial charge on any atom is -0.493 e. The largest absolute Gasteiger partial charge is 0.493 e. The van der Waals surface area contributed by atoms with Crippen LogP contribution in [0.3, 0.4) is 0 Å². The fraction of sp³-hybridized carbons (Fsp3) is 0.444. The van der Waals surface area contributed by atoms with Gasteiger partial charge in [0.1, 0.15) is 0 Å². The summed E-state index contributed by atoms with van der Waals surface area (Å²) in [7, 11) is 3.22. The Hall–Kier alpha value is -3.13. The molecule has 7 nitrogen and oxygen atoms in total. The van der Waals surface area contributed by atoms with Crippen LogP contribution in [0.4, 0.5) is 0 Å². The van der Waals surface area contributed by atoms with Gasteiger partial charge in [0.2, 0.25) is 0 Å². The first-order chi connectivity index (χ1) is 17.0. The number of nitrogens with zero attached hydrogens (tertiary/aromatic N) is 2. The Bertz CT molecular complexity index is 1210. The molecule has 0 unspecified atom stereocenters. The second-order valence-electron chi connectivity index (χ2n) is 9.36. The summed E-state index contributed by atoms with van der Waals surface area (Å²) < 4.78 is 17.6. The lowest BCUT2D eigenvalue weighted by atomic mass is 9.83. The zero-order chi connectivity index (χ0) is 24.4. The fourth-order valence-electron chi connectivity index (χ4n) is 5.26. The second kappa shape index (κ2) is 9.85. The molecular weight excluding hydrogens is 464 g/mol. The van der Waals surface area contributed by atoms with E-state index in [2.05, 4.69) is 6.07 Å². The van der Waals surface area contributed by atoms with Gasteiger partial charge in [-0.3, -0.25) is 9.59 Å². The van der Waals surface area contributed by atoms with Crippen molar-refractivity contribution in [3.05, 3.63) is 52.5 Å². The highest BCUT2D eigenvalue weighted by atomic mass is 32.1. The molecule has 2 aliphatic rings. The maximum Gasteiger partial charge on any atom is 0.313 e. The topological polar surface area (TPSA) is 78.0 Å². The molecule has 0 N–H and O–H groups in total. The van der Waals surface area contributed by atoms with Crippen molar-refractivity contribution >= 4 is 33.4 Å². The average molecular weight is 495 g/mol. The van der Waals surface area contributed by atoms with Gasteiger partial charge in [0.15, 0.2) is 18.1 Å². The Morgan fingerprint density at radius 3 is 2.49 bits per heavy atom. The van der Waals surface area contributed by atoms with Gasteiger partial charge >= 0.3 is 5.97 Å². The molecule has 0 atom stereocenters. The number of esters is 1. The Balaban J connectivity index is 1.23. The summed E-state index contributed by atoms with van der Waals surface area (Å²) in [6, 6.07) is 11.9. The van der Waals surface area contributed by atoms with E-state index in [-0.39, 0.29) is 18.5 Å². The second-order valence-corrected chi connectivity index (χ2v) is 10.5. The van der Waals surface area contributed by atoms with Crippen LogP contribution in [0.5, 0.6) is 11.5 Å². The lowest BCUT2D eigenvalue weighted by Gasteiger charge is -2.30. The van der Waals surface area contributed by atoms with Crippen LogP contribution in [0.25, 0.3) is 10.2 Å². The fourth-order valence-corrected chi connectivity index (χ4v) is 6.37. The molecule has 184 valence electrons. The summed E-state index contributed by atoms with van der Waals surface area (Å²) >= 11 is 1.63. The molecular formula is C27H30N2O5S. The predicted molar refractivity (Wildman–Crippen MR) is 134 cm³/mol. The van der Waals surface area contributed by atoms with E-state index in [0.717, 1.165) is 58.5 Å². The summed E-state index contributed by atoms with van der Waals surface area (Å²) in [5.74, 6) is 0.887. The third-order valence-corrected chi connectivity index (χ3v) is 8.26. The summed E-state index contributed by atoms with van der Waals surface area (Å²) in [4.78, 5) is 32.7. The highest BCUT2D eigenvalue weighted by Crippen LogP contribution is 2.43. The molecule has 0 spiro atoms. The number of carbonyl (C=O) groups is 2. The lowest BCUT2D eigenvalue weighted by Crippen LogP contribution is -2.40. The van der Waals surface area contributed by atoms with Crippen molar-refractivity contribution in [3.8, 4) is 11.5 Å². The summed E-state index contributed by atoms with van der Waals surface area (Å²) in [6.45, 7) is 0.807. The summed E-state index contributed by atoms with van der Waals surface area (Å²) in [6.07, 6.45) is 4.81. The van der Waals surface area contributed by atoms with Crippen molar-refractivity contribution in [2.45, 2.75) is 45.1 Å². The number of aromatic nitrogens is 1. The number of methoxy groups -OCH3 is 2. The zero-order valence-corrected chi connectivity index (χ0v) is 21.0. The molecule has 0 bridgehead atoms. The van der Waals surface area contributed by atoms with Crippen LogP contribution in [0.15, 0.2) is 36.4 Å². The minimum absolute atomic E-state index is 0.174. The van der Waals surface area contributed by atoms with Crippen LogP contribution in [0.1, 0.15) is 41.8 Å². The van der Waals surface area contributed by atoms with Gasteiger partial charge in [-0.25, -0.2) is 4.98 Å². The van der Waals surface area contributed by atoms with E-state index >= 15 is 0 Å². The number of hydrogen-bond acceptors (Lipinski definition) is 7. The number of thiazole rings is 1. The quantitative estimate of drug-likeness (QED) is 0.449. The van der Waals surface area contributed by atoms with Crippen LogP contribution in [-0.2, 0) is 33.7 Å². The Labute approximate surface area is 209 Å². The van der Waals surface area contributed by atoms with E-state index in [9.17, 15) is 9.59 Å². The minimum atomic E-state index is -0.591.